The summed E-state index contributed by atoms with van der Waals surface area (Å²) in [5, 5.41) is 3.09. The molecule has 2 aromatic rings. The number of hydrogen-bond donors (Lipinski definition) is 1. The molecule has 1 aliphatic heterocycles. The van der Waals surface area contributed by atoms with Crippen LogP contribution in [0.3, 0.4) is 0 Å². The molecule has 0 atom stereocenters. The summed E-state index contributed by atoms with van der Waals surface area (Å²) in [5.41, 5.74) is 1.07. The maximum atomic E-state index is 13.1. The third kappa shape index (κ3) is 4.38. The van der Waals surface area contributed by atoms with Crippen LogP contribution in [0.15, 0.2) is 24.4 Å². The second-order valence-corrected chi connectivity index (χ2v) is 7.19. The smallest absolute Gasteiger partial charge is 0.271 e. The highest BCUT2D eigenvalue weighted by Gasteiger charge is 2.21. The Balaban J connectivity index is 1.63. The number of rotatable bonds is 5. The fourth-order valence-corrected chi connectivity index (χ4v) is 3.25. The predicted octanol–water partition coefficient (Wildman–Crippen LogP) is 3.08. The van der Waals surface area contributed by atoms with Crippen LogP contribution in [0.1, 0.15) is 35.7 Å². The lowest BCUT2D eigenvalue weighted by atomic mass is 10.2. The Labute approximate surface area is 151 Å². The zero-order valence-corrected chi connectivity index (χ0v) is 15.2. The van der Waals surface area contributed by atoms with E-state index in [1.807, 2.05) is 4.57 Å². The zero-order chi connectivity index (χ0) is 18.0. The van der Waals surface area contributed by atoms with E-state index in [9.17, 15) is 9.18 Å². The Morgan fingerprint density at radius 3 is 2.92 bits per heavy atom. The maximum Gasteiger partial charge on any atom is 0.271 e. The van der Waals surface area contributed by atoms with Crippen molar-refractivity contribution in [2.45, 2.75) is 33.5 Å². The van der Waals surface area contributed by atoms with Crippen molar-refractivity contribution in [3.63, 3.8) is 0 Å². The van der Waals surface area contributed by atoms with Crippen LogP contribution in [0, 0.1) is 11.7 Å². The van der Waals surface area contributed by atoms with Crippen molar-refractivity contribution in [1.82, 2.24) is 19.8 Å². The molecule has 5 nitrogen and oxygen atoms in total. The Morgan fingerprint density at radius 2 is 2.20 bits per heavy atom. The topological polar surface area (TPSA) is 50.2 Å². The molecule has 2 heterocycles. The molecule has 1 aliphatic rings. The first-order valence-corrected chi connectivity index (χ1v) is 8.80. The molecule has 134 valence electrons. The van der Waals surface area contributed by atoms with E-state index >= 15 is 0 Å². The molecule has 1 aromatic carbocycles. The van der Waals surface area contributed by atoms with Crippen LogP contribution in [-0.4, -0.2) is 33.4 Å². The molecule has 0 spiro atoms. The summed E-state index contributed by atoms with van der Waals surface area (Å²) in [6.45, 7) is 8.22. The first-order chi connectivity index (χ1) is 11.9. The lowest BCUT2D eigenvalue weighted by Gasteiger charge is -2.28. The lowest BCUT2D eigenvalue weighted by molar-refractivity contribution is 0.0946. The first kappa shape index (κ1) is 17.9. The average molecular weight is 365 g/mol. The molecule has 0 saturated carbocycles. The van der Waals surface area contributed by atoms with Gasteiger partial charge in [-0.05, 0) is 23.6 Å². The van der Waals surface area contributed by atoms with Gasteiger partial charge in [0.1, 0.15) is 17.3 Å². The van der Waals surface area contributed by atoms with Crippen LogP contribution in [-0.2, 0) is 19.6 Å². The van der Waals surface area contributed by atoms with E-state index in [4.69, 9.17) is 11.6 Å². The predicted molar refractivity (Wildman–Crippen MR) is 94.9 cm³/mol. The largest absolute Gasteiger partial charge is 0.347 e. The molecule has 0 radical (unpaired) electrons. The van der Waals surface area contributed by atoms with Crippen LogP contribution >= 0.6 is 11.6 Å². The van der Waals surface area contributed by atoms with E-state index in [1.165, 1.54) is 12.1 Å². The zero-order valence-electron chi connectivity index (χ0n) is 14.4. The number of aromatic nitrogens is 2. The standard InChI is InChI=1S/C18H22ClFN4O/c1-12(2)9-23-5-6-24-10-16(22-17(24)11-23)18(25)21-8-13-3-4-14(20)7-15(13)19/h3-4,7,10,12H,5-6,8-9,11H2,1-2H3,(H,21,25). The van der Waals surface area contributed by atoms with Crippen molar-refractivity contribution in [1.29, 1.82) is 0 Å². The van der Waals surface area contributed by atoms with Crippen molar-refractivity contribution in [3.05, 3.63) is 52.3 Å². The number of benzene rings is 1. The van der Waals surface area contributed by atoms with E-state index in [0.717, 1.165) is 32.0 Å². The van der Waals surface area contributed by atoms with Crippen LogP contribution in [0.5, 0.6) is 0 Å². The Bertz CT molecular complexity index is 774. The van der Waals surface area contributed by atoms with Crippen LogP contribution < -0.4 is 5.32 Å². The number of hydrogen-bond acceptors (Lipinski definition) is 3. The Hall–Kier alpha value is -1.92. The first-order valence-electron chi connectivity index (χ1n) is 8.43. The molecule has 1 aromatic heterocycles. The summed E-state index contributed by atoms with van der Waals surface area (Å²) in [7, 11) is 0. The van der Waals surface area contributed by atoms with Gasteiger partial charge >= 0.3 is 0 Å². The van der Waals surface area contributed by atoms with Crippen molar-refractivity contribution in [3.8, 4) is 0 Å². The molecule has 0 aliphatic carbocycles. The number of nitrogens with zero attached hydrogens (tertiary/aromatic N) is 3. The molecule has 1 N–H and O–H groups in total. The second kappa shape index (κ2) is 7.54. The van der Waals surface area contributed by atoms with Crippen LogP contribution in [0.4, 0.5) is 4.39 Å². The third-order valence-corrected chi connectivity index (χ3v) is 4.54. The van der Waals surface area contributed by atoms with Gasteiger partial charge in [0, 0.05) is 37.4 Å². The van der Waals surface area contributed by atoms with Gasteiger partial charge in [-0.25, -0.2) is 9.37 Å². The Morgan fingerprint density at radius 1 is 1.40 bits per heavy atom. The monoisotopic (exact) mass is 364 g/mol. The Kier molecular flexibility index (Phi) is 5.39. The summed E-state index contributed by atoms with van der Waals surface area (Å²) < 4.78 is 15.1. The molecule has 3 rings (SSSR count). The van der Waals surface area contributed by atoms with E-state index in [0.29, 0.717) is 22.2 Å². The highest BCUT2D eigenvalue weighted by molar-refractivity contribution is 6.31. The highest BCUT2D eigenvalue weighted by Crippen LogP contribution is 2.18. The minimum Gasteiger partial charge on any atom is -0.347 e. The lowest BCUT2D eigenvalue weighted by Crippen LogP contribution is -2.35. The molecular formula is C18H22ClFN4O. The van der Waals surface area contributed by atoms with E-state index < -0.39 is 5.82 Å². The van der Waals surface area contributed by atoms with Crippen molar-refractivity contribution in [2.24, 2.45) is 5.92 Å². The molecule has 0 saturated heterocycles. The maximum absolute atomic E-state index is 13.1. The van der Waals surface area contributed by atoms with Gasteiger partial charge in [-0.15, -0.1) is 0 Å². The highest BCUT2D eigenvalue weighted by atomic mass is 35.5. The molecule has 0 bridgehead atoms. The number of halogens is 2. The fraction of sp³-hybridized carbons (Fsp3) is 0.444. The molecule has 25 heavy (non-hydrogen) atoms. The number of nitrogens with one attached hydrogen (secondary N) is 1. The summed E-state index contributed by atoms with van der Waals surface area (Å²) in [6, 6.07) is 4.13. The number of carbonyl (C=O) groups is 1. The van der Waals surface area contributed by atoms with Crippen LogP contribution in [0.25, 0.3) is 0 Å². The van der Waals surface area contributed by atoms with E-state index in [2.05, 4.69) is 29.0 Å². The van der Waals surface area contributed by atoms with Gasteiger partial charge < -0.3 is 9.88 Å². The number of carbonyl (C=O) groups excluding carboxylic acids is 1. The molecule has 1 amide bonds. The molecule has 7 heteroatoms. The summed E-state index contributed by atoms with van der Waals surface area (Å²) in [5.74, 6) is 0.868. The number of fused-ring (bicyclic) bond motifs is 1. The van der Waals surface area contributed by atoms with Gasteiger partial charge in [-0.1, -0.05) is 31.5 Å². The minimum atomic E-state index is -0.396. The number of amides is 1. The quantitative estimate of drug-likeness (QED) is 0.887. The van der Waals surface area contributed by atoms with Crippen LogP contribution in [0.2, 0.25) is 5.02 Å². The van der Waals surface area contributed by atoms with Gasteiger partial charge in [0.05, 0.1) is 6.54 Å². The molecular weight excluding hydrogens is 343 g/mol. The van der Waals surface area contributed by atoms with Crippen molar-refractivity contribution >= 4 is 17.5 Å². The summed E-state index contributed by atoms with van der Waals surface area (Å²) in [6.07, 6.45) is 1.80. The minimum absolute atomic E-state index is 0.236. The number of imidazole rings is 1. The SMILES string of the molecule is CC(C)CN1CCn2cc(C(=O)NCc3ccc(F)cc3Cl)nc2C1. The van der Waals surface area contributed by atoms with Gasteiger partial charge in [-0.2, -0.15) is 0 Å². The van der Waals surface area contributed by atoms with Gasteiger partial charge in [0.25, 0.3) is 5.91 Å². The van der Waals surface area contributed by atoms with Crippen molar-refractivity contribution < 1.29 is 9.18 Å². The van der Waals surface area contributed by atoms with Gasteiger partial charge in [0.15, 0.2) is 0 Å². The fourth-order valence-electron chi connectivity index (χ4n) is 3.01. The second-order valence-electron chi connectivity index (χ2n) is 6.78. The van der Waals surface area contributed by atoms with E-state index in [1.54, 1.807) is 12.3 Å². The van der Waals surface area contributed by atoms with E-state index in [-0.39, 0.29) is 12.5 Å². The van der Waals surface area contributed by atoms with Crippen molar-refractivity contribution in [2.75, 3.05) is 13.1 Å². The van der Waals surface area contributed by atoms with Gasteiger partial charge in [0.2, 0.25) is 0 Å². The average Bonchev–Trinajstić information content (AvgIpc) is 2.96. The van der Waals surface area contributed by atoms with Gasteiger partial charge in [-0.3, -0.25) is 9.69 Å². The molecule has 0 unspecified atom stereocenters. The third-order valence-electron chi connectivity index (χ3n) is 4.19. The molecule has 0 fully saturated rings. The summed E-state index contributed by atoms with van der Waals surface area (Å²) >= 11 is 5.98. The summed E-state index contributed by atoms with van der Waals surface area (Å²) in [4.78, 5) is 19.2. The normalized spacial score (nSPS) is 14.6.